The standard InChI is InChI=1S/C22H23N3O3/c1-15-24-25-22(28-15)20-8-3-2-7-19(20)17-5-4-6-18(13-17)21(26)23-11-9-16-10-12-27-14-16/h2-8,13,16H,9-12,14H2,1H3,(H,23,26). The van der Waals surface area contributed by atoms with Gasteiger partial charge in [-0.1, -0.05) is 30.3 Å². The minimum Gasteiger partial charge on any atom is -0.421 e. The van der Waals surface area contributed by atoms with Crippen molar-refractivity contribution in [1.82, 2.24) is 15.5 Å². The average Bonchev–Trinajstić information content (AvgIpc) is 3.40. The lowest BCUT2D eigenvalue weighted by Crippen LogP contribution is -2.26. The molecule has 2 heterocycles. The van der Waals surface area contributed by atoms with Crippen molar-refractivity contribution in [3.63, 3.8) is 0 Å². The predicted octanol–water partition coefficient (Wildman–Crippen LogP) is 3.87. The van der Waals surface area contributed by atoms with Gasteiger partial charge in [0.2, 0.25) is 11.8 Å². The van der Waals surface area contributed by atoms with Gasteiger partial charge in [0.05, 0.1) is 0 Å². The first-order valence-electron chi connectivity index (χ1n) is 9.56. The minimum absolute atomic E-state index is 0.0631. The molecule has 1 atom stereocenters. The molecule has 1 aliphatic rings. The third-order valence-electron chi connectivity index (χ3n) is 4.98. The second-order valence-electron chi connectivity index (χ2n) is 7.03. The van der Waals surface area contributed by atoms with Gasteiger partial charge in [0.1, 0.15) is 0 Å². The van der Waals surface area contributed by atoms with Crippen LogP contribution in [-0.2, 0) is 4.74 Å². The summed E-state index contributed by atoms with van der Waals surface area (Å²) in [6.07, 6.45) is 2.03. The number of amides is 1. The van der Waals surface area contributed by atoms with Gasteiger partial charge in [-0.05, 0) is 48.1 Å². The van der Waals surface area contributed by atoms with Crippen molar-refractivity contribution in [3.05, 3.63) is 60.0 Å². The fraction of sp³-hybridized carbons (Fsp3) is 0.318. The number of ether oxygens (including phenoxy) is 1. The number of nitrogens with zero attached hydrogens (tertiary/aromatic N) is 2. The molecule has 1 N–H and O–H groups in total. The van der Waals surface area contributed by atoms with Crippen LogP contribution in [0.4, 0.5) is 0 Å². The average molecular weight is 377 g/mol. The molecule has 0 spiro atoms. The molecule has 0 aliphatic carbocycles. The molecule has 1 amide bonds. The summed E-state index contributed by atoms with van der Waals surface area (Å²) in [6.45, 7) is 4.06. The van der Waals surface area contributed by atoms with E-state index in [9.17, 15) is 4.79 Å². The molecule has 4 rings (SSSR count). The Hall–Kier alpha value is -2.99. The van der Waals surface area contributed by atoms with Crippen LogP contribution in [0.2, 0.25) is 0 Å². The number of carbonyl (C=O) groups is 1. The number of carbonyl (C=O) groups excluding carboxylic acids is 1. The summed E-state index contributed by atoms with van der Waals surface area (Å²) in [5.74, 6) is 1.48. The maximum Gasteiger partial charge on any atom is 0.251 e. The summed E-state index contributed by atoms with van der Waals surface area (Å²) in [5.41, 5.74) is 3.37. The van der Waals surface area contributed by atoms with E-state index in [1.54, 1.807) is 6.92 Å². The quantitative estimate of drug-likeness (QED) is 0.706. The second-order valence-corrected chi connectivity index (χ2v) is 7.03. The van der Waals surface area contributed by atoms with Gasteiger partial charge in [-0.25, -0.2) is 0 Å². The van der Waals surface area contributed by atoms with E-state index in [1.165, 1.54) is 0 Å². The van der Waals surface area contributed by atoms with E-state index in [0.717, 1.165) is 42.7 Å². The van der Waals surface area contributed by atoms with E-state index in [4.69, 9.17) is 9.15 Å². The molecule has 144 valence electrons. The van der Waals surface area contributed by atoms with E-state index in [1.807, 2.05) is 48.5 Å². The molecule has 0 bridgehead atoms. The molecular weight excluding hydrogens is 354 g/mol. The fourth-order valence-corrected chi connectivity index (χ4v) is 3.46. The van der Waals surface area contributed by atoms with Crippen LogP contribution in [-0.4, -0.2) is 35.9 Å². The number of nitrogens with one attached hydrogen (secondary N) is 1. The smallest absolute Gasteiger partial charge is 0.251 e. The zero-order valence-corrected chi connectivity index (χ0v) is 15.9. The van der Waals surface area contributed by atoms with Crippen molar-refractivity contribution in [3.8, 4) is 22.6 Å². The Morgan fingerprint density at radius 3 is 2.75 bits per heavy atom. The van der Waals surface area contributed by atoms with Crippen LogP contribution >= 0.6 is 0 Å². The number of hydrogen-bond acceptors (Lipinski definition) is 5. The molecule has 1 aliphatic heterocycles. The largest absolute Gasteiger partial charge is 0.421 e. The van der Waals surface area contributed by atoms with Crippen molar-refractivity contribution < 1.29 is 13.9 Å². The highest BCUT2D eigenvalue weighted by atomic mass is 16.5. The number of rotatable bonds is 6. The van der Waals surface area contributed by atoms with E-state index in [2.05, 4.69) is 15.5 Å². The monoisotopic (exact) mass is 377 g/mol. The molecular formula is C22H23N3O3. The minimum atomic E-state index is -0.0631. The van der Waals surface area contributed by atoms with E-state index in [-0.39, 0.29) is 5.91 Å². The number of aromatic nitrogens is 2. The Kier molecular flexibility index (Phi) is 5.48. The molecule has 1 fully saturated rings. The summed E-state index contributed by atoms with van der Waals surface area (Å²) >= 11 is 0. The predicted molar refractivity (Wildman–Crippen MR) is 106 cm³/mol. The third-order valence-corrected chi connectivity index (χ3v) is 4.98. The maximum atomic E-state index is 12.6. The summed E-state index contributed by atoms with van der Waals surface area (Å²) in [7, 11) is 0. The fourth-order valence-electron chi connectivity index (χ4n) is 3.46. The lowest BCUT2D eigenvalue weighted by atomic mass is 9.98. The molecule has 28 heavy (non-hydrogen) atoms. The maximum absolute atomic E-state index is 12.6. The van der Waals surface area contributed by atoms with Crippen LogP contribution in [0.5, 0.6) is 0 Å². The molecule has 0 radical (unpaired) electrons. The number of hydrogen-bond donors (Lipinski definition) is 1. The van der Waals surface area contributed by atoms with Crippen LogP contribution in [0.25, 0.3) is 22.6 Å². The Morgan fingerprint density at radius 2 is 2.00 bits per heavy atom. The van der Waals surface area contributed by atoms with Gasteiger partial charge in [-0.15, -0.1) is 10.2 Å². The van der Waals surface area contributed by atoms with Crippen molar-refractivity contribution in [2.24, 2.45) is 5.92 Å². The first kappa shape index (κ1) is 18.4. The van der Waals surface area contributed by atoms with Crippen LogP contribution in [0, 0.1) is 12.8 Å². The van der Waals surface area contributed by atoms with Gasteiger partial charge >= 0.3 is 0 Å². The van der Waals surface area contributed by atoms with Crippen LogP contribution in [0.15, 0.2) is 52.9 Å². The van der Waals surface area contributed by atoms with Crippen LogP contribution in [0.1, 0.15) is 29.1 Å². The second kappa shape index (κ2) is 8.35. The lowest BCUT2D eigenvalue weighted by molar-refractivity contribution is 0.0950. The topological polar surface area (TPSA) is 77.2 Å². The van der Waals surface area contributed by atoms with E-state index >= 15 is 0 Å². The Balaban J connectivity index is 1.52. The van der Waals surface area contributed by atoms with Crippen molar-refractivity contribution in [2.45, 2.75) is 19.8 Å². The van der Waals surface area contributed by atoms with Gasteiger partial charge in [-0.3, -0.25) is 4.79 Å². The molecule has 6 heteroatoms. The van der Waals surface area contributed by atoms with Crippen LogP contribution in [0.3, 0.4) is 0 Å². The first-order chi connectivity index (χ1) is 13.7. The Bertz CT molecular complexity index is 961. The van der Waals surface area contributed by atoms with Crippen LogP contribution < -0.4 is 5.32 Å². The SMILES string of the molecule is Cc1nnc(-c2ccccc2-c2cccc(C(=O)NCCC3CCOC3)c2)o1. The van der Waals surface area contributed by atoms with E-state index in [0.29, 0.717) is 29.8 Å². The van der Waals surface area contributed by atoms with Crippen molar-refractivity contribution in [2.75, 3.05) is 19.8 Å². The Morgan fingerprint density at radius 1 is 1.14 bits per heavy atom. The van der Waals surface area contributed by atoms with Gasteiger partial charge in [0.25, 0.3) is 5.91 Å². The third kappa shape index (κ3) is 4.12. The lowest BCUT2D eigenvalue weighted by Gasteiger charge is -2.11. The summed E-state index contributed by atoms with van der Waals surface area (Å²) in [5, 5.41) is 11.1. The van der Waals surface area contributed by atoms with Gasteiger partial charge < -0.3 is 14.5 Å². The van der Waals surface area contributed by atoms with Gasteiger partial charge in [0.15, 0.2) is 0 Å². The molecule has 6 nitrogen and oxygen atoms in total. The number of benzene rings is 2. The normalized spacial score (nSPS) is 16.2. The molecule has 2 aromatic carbocycles. The van der Waals surface area contributed by atoms with Gasteiger partial charge in [0, 0.05) is 37.8 Å². The molecule has 1 unspecified atom stereocenters. The molecule has 0 saturated carbocycles. The molecule has 1 saturated heterocycles. The zero-order chi connectivity index (χ0) is 19.3. The molecule has 3 aromatic rings. The zero-order valence-electron chi connectivity index (χ0n) is 15.9. The van der Waals surface area contributed by atoms with Crippen molar-refractivity contribution in [1.29, 1.82) is 0 Å². The van der Waals surface area contributed by atoms with Crippen molar-refractivity contribution >= 4 is 5.91 Å². The van der Waals surface area contributed by atoms with Gasteiger partial charge in [-0.2, -0.15) is 0 Å². The first-order valence-corrected chi connectivity index (χ1v) is 9.56. The highest BCUT2D eigenvalue weighted by Gasteiger charge is 2.16. The number of aryl methyl sites for hydroxylation is 1. The Labute approximate surface area is 163 Å². The van der Waals surface area contributed by atoms with E-state index < -0.39 is 0 Å². The highest BCUT2D eigenvalue weighted by molar-refractivity contribution is 5.96. The summed E-state index contributed by atoms with van der Waals surface area (Å²) in [4.78, 5) is 12.6. The molecule has 1 aromatic heterocycles. The highest BCUT2D eigenvalue weighted by Crippen LogP contribution is 2.31. The summed E-state index contributed by atoms with van der Waals surface area (Å²) < 4.78 is 11.0. The summed E-state index contributed by atoms with van der Waals surface area (Å²) in [6, 6.07) is 15.4.